The number of amides is 1. The molecule has 8 nitrogen and oxygen atoms in total. The summed E-state index contributed by atoms with van der Waals surface area (Å²) in [6.07, 6.45) is 0. The maximum atomic E-state index is 12.7. The summed E-state index contributed by atoms with van der Waals surface area (Å²) in [5.41, 5.74) is 2.71. The molecule has 164 valence electrons. The van der Waals surface area contributed by atoms with Gasteiger partial charge in [-0.05, 0) is 44.2 Å². The molecule has 0 spiro atoms. The molecule has 2 aromatic carbocycles. The lowest BCUT2D eigenvalue weighted by atomic mass is 10.2. The van der Waals surface area contributed by atoms with E-state index in [1.54, 1.807) is 43.0 Å². The number of carbonyl (C=O) groups is 1. The lowest BCUT2D eigenvalue weighted by Crippen LogP contribution is -2.14. The molecule has 0 saturated carbocycles. The summed E-state index contributed by atoms with van der Waals surface area (Å²) < 4.78 is 13.8. The summed E-state index contributed by atoms with van der Waals surface area (Å²) in [6, 6.07) is 12.6. The number of benzene rings is 2. The molecule has 0 unspecified atom stereocenters. The van der Waals surface area contributed by atoms with Crippen molar-refractivity contribution < 1.29 is 13.9 Å². The van der Waals surface area contributed by atoms with E-state index in [-0.39, 0.29) is 5.69 Å². The Morgan fingerprint density at radius 1 is 1.25 bits per heavy atom. The first-order valence-electron chi connectivity index (χ1n) is 9.63. The standard InChI is InChI=1S/C22H19BrClN5O3/c1-12-20(21(30)25-17-7-5-4-6-16(17)24)27-28-29(12)11-18-13(2)32-22(26-18)15-10-14(23)8-9-19(15)31-3/h4-10H,11H2,1-3H3,(H,25,30). The SMILES string of the molecule is COc1ccc(Br)cc1-c1nc(Cn2nnc(C(=O)Nc3ccccc3Cl)c2C)c(C)o1. The zero-order chi connectivity index (χ0) is 22.8. The largest absolute Gasteiger partial charge is 0.496 e. The Morgan fingerprint density at radius 2 is 2.03 bits per heavy atom. The van der Waals surface area contributed by atoms with Crippen LogP contribution in [0.3, 0.4) is 0 Å². The van der Waals surface area contributed by atoms with Crippen LogP contribution in [0.15, 0.2) is 51.4 Å². The van der Waals surface area contributed by atoms with E-state index >= 15 is 0 Å². The van der Waals surface area contributed by atoms with Gasteiger partial charge in [-0.25, -0.2) is 9.67 Å². The second kappa shape index (κ2) is 9.13. The smallest absolute Gasteiger partial charge is 0.278 e. The lowest BCUT2D eigenvalue weighted by molar-refractivity contribution is 0.102. The molecule has 4 rings (SSSR count). The summed E-state index contributed by atoms with van der Waals surface area (Å²) in [6.45, 7) is 3.90. The van der Waals surface area contributed by atoms with Gasteiger partial charge in [0.05, 0.1) is 35.6 Å². The molecule has 0 atom stereocenters. The third-order valence-corrected chi connectivity index (χ3v) is 5.73. The minimum Gasteiger partial charge on any atom is -0.496 e. The van der Waals surface area contributed by atoms with E-state index in [2.05, 4.69) is 36.5 Å². The van der Waals surface area contributed by atoms with Crippen molar-refractivity contribution in [1.29, 1.82) is 0 Å². The van der Waals surface area contributed by atoms with E-state index in [9.17, 15) is 4.79 Å². The highest BCUT2D eigenvalue weighted by atomic mass is 79.9. The Kier molecular flexibility index (Phi) is 6.29. The first kappa shape index (κ1) is 22.0. The minimum atomic E-state index is -0.390. The number of anilines is 1. The highest BCUT2D eigenvalue weighted by molar-refractivity contribution is 9.10. The van der Waals surface area contributed by atoms with E-state index < -0.39 is 5.91 Å². The number of halogens is 2. The maximum Gasteiger partial charge on any atom is 0.278 e. The zero-order valence-electron chi connectivity index (χ0n) is 17.5. The van der Waals surface area contributed by atoms with Crippen molar-refractivity contribution in [2.45, 2.75) is 20.4 Å². The monoisotopic (exact) mass is 515 g/mol. The molecule has 0 radical (unpaired) electrons. The molecule has 32 heavy (non-hydrogen) atoms. The van der Waals surface area contributed by atoms with Crippen LogP contribution in [0.25, 0.3) is 11.5 Å². The first-order valence-corrected chi connectivity index (χ1v) is 10.8. The summed E-state index contributed by atoms with van der Waals surface area (Å²) in [7, 11) is 1.59. The Bertz CT molecular complexity index is 1300. The van der Waals surface area contributed by atoms with Crippen molar-refractivity contribution >= 4 is 39.1 Å². The minimum absolute atomic E-state index is 0.208. The van der Waals surface area contributed by atoms with Gasteiger partial charge in [-0.2, -0.15) is 0 Å². The molecule has 2 heterocycles. The van der Waals surface area contributed by atoms with Crippen LogP contribution in [0.5, 0.6) is 5.75 Å². The van der Waals surface area contributed by atoms with Gasteiger partial charge in [0, 0.05) is 4.47 Å². The number of aromatic nitrogens is 4. The van der Waals surface area contributed by atoms with Gasteiger partial charge in [-0.3, -0.25) is 4.79 Å². The van der Waals surface area contributed by atoms with Gasteiger partial charge >= 0.3 is 0 Å². The number of methoxy groups -OCH3 is 1. The van der Waals surface area contributed by atoms with Crippen molar-refractivity contribution in [3.8, 4) is 17.2 Å². The van der Waals surface area contributed by atoms with Crippen LogP contribution in [-0.2, 0) is 6.54 Å². The number of rotatable bonds is 6. The number of hydrogen-bond donors (Lipinski definition) is 1. The number of nitrogens with zero attached hydrogens (tertiary/aromatic N) is 4. The molecule has 0 fully saturated rings. The van der Waals surface area contributed by atoms with Crippen molar-refractivity contribution in [1.82, 2.24) is 20.0 Å². The van der Waals surface area contributed by atoms with Gasteiger partial charge in [0.1, 0.15) is 17.2 Å². The Labute approximate surface area is 197 Å². The van der Waals surface area contributed by atoms with Crippen LogP contribution < -0.4 is 10.1 Å². The average Bonchev–Trinajstić information content (AvgIpc) is 3.32. The number of aryl methyl sites for hydroxylation is 1. The number of carbonyl (C=O) groups excluding carboxylic acids is 1. The second-order valence-electron chi connectivity index (χ2n) is 6.98. The molecule has 4 aromatic rings. The number of oxazole rings is 1. The fraction of sp³-hybridized carbons (Fsp3) is 0.182. The van der Waals surface area contributed by atoms with Gasteiger partial charge in [-0.1, -0.05) is 44.9 Å². The van der Waals surface area contributed by atoms with E-state index in [1.165, 1.54) is 0 Å². The average molecular weight is 517 g/mol. The van der Waals surface area contributed by atoms with Gasteiger partial charge in [0.2, 0.25) is 5.89 Å². The third kappa shape index (κ3) is 4.39. The molecule has 1 amide bonds. The third-order valence-electron chi connectivity index (χ3n) is 4.90. The Hall–Kier alpha value is -3.17. The number of nitrogens with one attached hydrogen (secondary N) is 1. The van der Waals surface area contributed by atoms with Crippen molar-refractivity contribution in [3.05, 3.63) is 74.8 Å². The maximum absolute atomic E-state index is 12.7. The Morgan fingerprint density at radius 3 is 2.78 bits per heavy atom. The van der Waals surface area contributed by atoms with Gasteiger partial charge < -0.3 is 14.5 Å². The lowest BCUT2D eigenvalue weighted by Gasteiger charge is -2.06. The molecule has 0 bridgehead atoms. The molecular formula is C22H19BrClN5O3. The predicted molar refractivity (Wildman–Crippen MR) is 124 cm³/mol. The fourth-order valence-corrected chi connectivity index (χ4v) is 3.69. The summed E-state index contributed by atoms with van der Waals surface area (Å²) in [4.78, 5) is 17.3. The highest BCUT2D eigenvalue weighted by Gasteiger charge is 2.21. The molecule has 10 heteroatoms. The molecule has 0 aliphatic carbocycles. The number of hydrogen-bond acceptors (Lipinski definition) is 6. The van der Waals surface area contributed by atoms with E-state index in [1.807, 2.05) is 25.1 Å². The highest BCUT2D eigenvalue weighted by Crippen LogP contribution is 2.33. The van der Waals surface area contributed by atoms with Crippen molar-refractivity contribution in [2.75, 3.05) is 12.4 Å². The van der Waals surface area contributed by atoms with Crippen molar-refractivity contribution in [2.24, 2.45) is 0 Å². The van der Waals surface area contributed by atoms with E-state index in [0.717, 1.165) is 10.0 Å². The molecular weight excluding hydrogens is 498 g/mol. The van der Waals surface area contributed by atoms with E-state index in [4.69, 9.17) is 20.8 Å². The quantitative estimate of drug-likeness (QED) is 0.375. The van der Waals surface area contributed by atoms with Crippen LogP contribution in [0.4, 0.5) is 5.69 Å². The van der Waals surface area contributed by atoms with Crippen LogP contribution in [0.1, 0.15) is 27.6 Å². The van der Waals surface area contributed by atoms with E-state index in [0.29, 0.717) is 46.0 Å². The molecule has 2 aromatic heterocycles. The van der Waals surface area contributed by atoms with Crippen LogP contribution in [0.2, 0.25) is 5.02 Å². The first-order chi connectivity index (χ1) is 15.4. The molecule has 0 aliphatic heterocycles. The zero-order valence-corrected chi connectivity index (χ0v) is 19.9. The molecule has 1 N–H and O–H groups in total. The van der Waals surface area contributed by atoms with Gasteiger partial charge in [0.25, 0.3) is 5.91 Å². The Balaban J connectivity index is 1.57. The number of ether oxygens (including phenoxy) is 1. The van der Waals surface area contributed by atoms with Crippen LogP contribution in [0, 0.1) is 13.8 Å². The van der Waals surface area contributed by atoms with Crippen LogP contribution in [-0.4, -0.2) is 33.0 Å². The van der Waals surface area contributed by atoms with Crippen LogP contribution >= 0.6 is 27.5 Å². The topological polar surface area (TPSA) is 95.1 Å². The summed E-state index contributed by atoms with van der Waals surface area (Å²) in [5.74, 6) is 1.33. The molecule has 0 aliphatic rings. The summed E-state index contributed by atoms with van der Waals surface area (Å²) >= 11 is 9.59. The number of para-hydroxylation sites is 1. The van der Waals surface area contributed by atoms with Crippen molar-refractivity contribution in [3.63, 3.8) is 0 Å². The normalized spacial score (nSPS) is 10.9. The molecule has 0 saturated heterocycles. The van der Waals surface area contributed by atoms with Gasteiger partial charge in [-0.15, -0.1) is 5.10 Å². The second-order valence-corrected chi connectivity index (χ2v) is 8.30. The summed E-state index contributed by atoms with van der Waals surface area (Å²) in [5, 5.41) is 11.4. The van der Waals surface area contributed by atoms with Gasteiger partial charge in [0.15, 0.2) is 5.69 Å². The predicted octanol–water partition coefficient (Wildman–Crippen LogP) is 5.28. The fourth-order valence-electron chi connectivity index (χ4n) is 3.14.